The second-order valence-electron chi connectivity index (χ2n) is 3.45. The number of unbranched alkanes of at least 4 members (excludes halogenated alkanes) is 2. The molecule has 72 valence electrons. The van der Waals surface area contributed by atoms with Crippen LogP contribution in [-0.4, -0.2) is 12.9 Å². The Kier molecular flexibility index (Phi) is 5.33. The predicted molar refractivity (Wildman–Crippen MR) is 55.2 cm³/mol. The first kappa shape index (κ1) is 10.3. The molecule has 0 bridgehead atoms. The highest BCUT2D eigenvalue weighted by Gasteiger charge is 2.13. The van der Waals surface area contributed by atoms with Gasteiger partial charge in [0.15, 0.2) is 0 Å². The molecule has 13 heavy (non-hydrogen) atoms. The molecular formula is C12H18O. The lowest BCUT2D eigenvalue weighted by atomic mass is 10.3. The summed E-state index contributed by atoms with van der Waals surface area (Å²) in [6.07, 6.45) is 9.75. The lowest BCUT2D eigenvalue weighted by Crippen LogP contribution is -1.87. The van der Waals surface area contributed by atoms with Gasteiger partial charge in [0, 0.05) is 19.3 Å². The van der Waals surface area contributed by atoms with Crippen molar-refractivity contribution >= 4 is 6.29 Å². The van der Waals surface area contributed by atoms with E-state index in [1.54, 1.807) is 0 Å². The minimum atomic E-state index is 0.645. The molecule has 0 aliphatic heterocycles. The molecule has 0 aromatic rings. The van der Waals surface area contributed by atoms with Gasteiger partial charge in [0.25, 0.3) is 0 Å². The van der Waals surface area contributed by atoms with Crippen molar-refractivity contribution in [1.29, 1.82) is 0 Å². The van der Waals surface area contributed by atoms with E-state index in [9.17, 15) is 0 Å². The van der Waals surface area contributed by atoms with Crippen molar-refractivity contribution in [2.75, 3.05) is 6.61 Å². The van der Waals surface area contributed by atoms with Gasteiger partial charge in [-0.15, -0.1) is 11.8 Å². The number of hydrogen-bond acceptors (Lipinski definition) is 0. The Morgan fingerprint density at radius 1 is 1.31 bits per heavy atom. The zero-order valence-corrected chi connectivity index (χ0v) is 8.44. The van der Waals surface area contributed by atoms with Gasteiger partial charge in [-0.25, -0.2) is 0 Å². The lowest BCUT2D eigenvalue weighted by Gasteiger charge is -1.87. The van der Waals surface area contributed by atoms with Crippen molar-refractivity contribution < 1.29 is 4.42 Å². The third kappa shape index (κ3) is 6.40. The van der Waals surface area contributed by atoms with Gasteiger partial charge in [-0.2, -0.15) is 0 Å². The topological polar surface area (TPSA) is 11.3 Å². The third-order valence-electron chi connectivity index (χ3n) is 1.88. The van der Waals surface area contributed by atoms with Crippen LogP contribution in [0.15, 0.2) is 0 Å². The smallest absolute Gasteiger partial charge is 0.219 e. The Labute approximate surface area is 81.2 Å². The SMILES string of the molecule is CCCC#CCCC[O+]=[C-]C1CC1. The van der Waals surface area contributed by atoms with E-state index < -0.39 is 0 Å². The Balaban J connectivity index is 1.86. The molecule has 0 heterocycles. The van der Waals surface area contributed by atoms with Gasteiger partial charge in [-0.3, -0.25) is 0 Å². The van der Waals surface area contributed by atoms with Crippen LogP contribution < -0.4 is 0 Å². The van der Waals surface area contributed by atoms with Crippen LogP contribution in [0.2, 0.25) is 0 Å². The fraction of sp³-hybridized carbons (Fsp3) is 0.750. The Bertz CT molecular complexity index is 203. The van der Waals surface area contributed by atoms with Crippen LogP contribution >= 0.6 is 0 Å². The summed E-state index contributed by atoms with van der Waals surface area (Å²) in [6.45, 7) is 2.94. The molecule has 1 aliphatic rings. The van der Waals surface area contributed by atoms with Gasteiger partial charge in [0.05, 0.1) is 0 Å². The van der Waals surface area contributed by atoms with Crippen molar-refractivity contribution in [2.24, 2.45) is 5.92 Å². The monoisotopic (exact) mass is 178 g/mol. The molecule has 0 unspecified atom stereocenters. The molecule has 0 aromatic heterocycles. The molecule has 0 radical (unpaired) electrons. The van der Waals surface area contributed by atoms with E-state index in [1.165, 1.54) is 12.8 Å². The van der Waals surface area contributed by atoms with Gasteiger partial charge >= 0.3 is 0 Å². The minimum absolute atomic E-state index is 0.645. The summed E-state index contributed by atoms with van der Waals surface area (Å²) in [5.74, 6) is 6.90. The van der Waals surface area contributed by atoms with Crippen molar-refractivity contribution in [3.05, 3.63) is 0 Å². The van der Waals surface area contributed by atoms with Crippen LogP contribution in [0.3, 0.4) is 0 Å². The van der Waals surface area contributed by atoms with E-state index in [-0.39, 0.29) is 0 Å². The average Bonchev–Trinajstić information content (AvgIpc) is 2.93. The predicted octanol–water partition coefficient (Wildman–Crippen LogP) is 2.63. The molecule has 1 nitrogen and oxygen atoms in total. The van der Waals surface area contributed by atoms with Gasteiger partial charge in [-0.05, 0) is 12.7 Å². The summed E-state index contributed by atoms with van der Waals surface area (Å²) < 4.78 is 5.25. The molecule has 1 saturated carbocycles. The molecule has 1 fully saturated rings. The van der Waals surface area contributed by atoms with Gasteiger partial charge < -0.3 is 4.42 Å². The fourth-order valence-electron chi connectivity index (χ4n) is 0.912. The van der Waals surface area contributed by atoms with E-state index in [2.05, 4.69) is 25.1 Å². The van der Waals surface area contributed by atoms with Crippen LogP contribution in [0.4, 0.5) is 0 Å². The van der Waals surface area contributed by atoms with Crippen molar-refractivity contribution in [2.45, 2.75) is 45.4 Å². The van der Waals surface area contributed by atoms with Crippen molar-refractivity contribution in [1.82, 2.24) is 0 Å². The van der Waals surface area contributed by atoms with Gasteiger partial charge in [-0.1, -0.05) is 25.7 Å². The summed E-state index contributed by atoms with van der Waals surface area (Å²) in [7, 11) is 0. The first-order valence-corrected chi connectivity index (χ1v) is 5.26. The first-order valence-electron chi connectivity index (χ1n) is 5.26. The van der Waals surface area contributed by atoms with Crippen molar-refractivity contribution in [3.63, 3.8) is 0 Å². The van der Waals surface area contributed by atoms with E-state index >= 15 is 0 Å². The standard InChI is InChI=1S/C12H18O/c1-2-3-4-5-6-7-10-13-11-12-8-9-12/h12H,2-3,6-10H2,1H3. The highest BCUT2D eigenvalue weighted by Crippen LogP contribution is 2.25. The van der Waals surface area contributed by atoms with Crippen LogP contribution in [0.5, 0.6) is 0 Å². The summed E-state index contributed by atoms with van der Waals surface area (Å²) in [6, 6.07) is 0. The molecule has 0 spiro atoms. The summed E-state index contributed by atoms with van der Waals surface area (Å²) in [5.41, 5.74) is 0. The quantitative estimate of drug-likeness (QED) is 0.265. The Morgan fingerprint density at radius 3 is 2.77 bits per heavy atom. The van der Waals surface area contributed by atoms with E-state index in [0.29, 0.717) is 5.92 Å². The Morgan fingerprint density at radius 2 is 2.08 bits per heavy atom. The summed E-state index contributed by atoms with van der Waals surface area (Å²) in [4.78, 5) is 0. The van der Waals surface area contributed by atoms with E-state index in [4.69, 9.17) is 4.42 Å². The normalized spacial score (nSPS) is 15.8. The molecule has 1 heteroatoms. The van der Waals surface area contributed by atoms with Gasteiger partial charge in [0.2, 0.25) is 6.61 Å². The minimum Gasteiger partial charge on any atom is -0.456 e. The summed E-state index contributed by atoms with van der Waals surface area (Å²) >= 11 is 0. The highest BCUT2D eigenvalue weighted by atomic mass is 16.4. The molecule has 1 rings (SSSR count). The second-order valence-corrected chi connectivity index (χ2v) is 3.45. The van der Waals surface area contributed by atoms with Crippen molar-refractivity contribution in [3.8, 4) is 11.8 Å². The number of hydrogen-bond donors (Lipinski definition) is 0. The lowest BCUT2D eigenvalue weighted by molar-refractivity contribution is 0.103. The molecule has 0 atom stereocenters. The molecule has 0 N–H and O–H groups in total. The zero-order valence-electron chi connectivity index (χ0n) is 8.44. The molecular weight excluding hydrogens is 160 g/mol. The van der Waals surface area contributed by atoms with Crippen LogP contribution in [-0.2, 0) is 4.42 Å². The maximum atomic E-state index is 5.25. The second kappa shape index (κ2) is 6.71. The fourth-order valence-corrected chi connectivity index (χ4v) is 0.912. The number of rotatable bonds is 5. The molecule has 1 aliphatic carbocycles. The van der Waals surface area contributed by atoms with Crippen LogP contribution in [0.1, 0.15) is 45.4 Å². The maximum absolute atomic E-state index is 5.25. The maximum Gasteiger partial charge on any atom is 0.219 e. The largest absolute Gasteiger partial charge is 0.456 e. The molecule has 0 aromatic carbocycles. The van der Waals surface area contributed by atoms with Gasteiger partial charge in [0.1, 0.15) is 0 Å². The average molecular weight is 178 g/mol. The third-order valence-corrected chi connectivity index (χ3v) is 1.88. The summed E-state index contributed by atoms with van der Waals surface area (Å²) in [5, 5.41) is 0. The number of carbonyl (C=O) groups excluding carboxylic acids is 1. The molecule has 0 amide bonds. The highest BCUT2D eigenvalue weighted by molar-refractivity contribution is 5.58. The zero-order chi connectivity index (χ0) is 9.36. The van der Waals surface area contributed by atoms with Crippen LogP contribution in [0, 0.1) is 17.8 Å². The Hall–Kier alpha value is -0.770. The van der Waals surface area contributed by atoms with E-state index in [1.807, 2.05) is 0 Å². The molecule has 0 saturated heterocycles. The first-order chi connectivity index (χ1) is 6.43. The van der Waals surface area contributed by atoms with Crippen LogP contribution in [0.25, 0.3) is 0 Å². The van der Waals surface area contributed by atoms with E-state index in [0.717, 1.165) is 32.3 Å².